The van der Waals surface area contributed by atoms with Gasteiger partial charge in [0, 0.05) is 30.8 Å². The van der Waals surface area contributed by atoms with Crippen LogP contribution in [0.3, 0.4) is 0 Å². The number of amides is 1. The molecule has 0 aliphatic carbocycles. The molecule has 0 saturated carbocycles. The normalized spacial score (nSPS) is 11.5. The average Bonchev–Trinajstić information content (AvgIpc) is 3.33. The molecule has 0 saturated heterocycles. The van der Waals surface area contributed by atoms with Crippen molar-refractivity contribution >= 4 is 33.0 Å². The SMILES string of the molecule is CCc1cc2c(cc3c(=O)n(CCCC(=O)NCc4ccc(C)cc4)nc(CC)n32)s1. The number of carbonyl (C=O) groups excluding carboxylic acids is 1. The second kappa shape index (κ2) is 9.06. The maximum Gasteiger partial charge on any atom is 0.291 e. The number of thiophene rings is 1. The fraction of sp³-hybridized carbons (Fsp3) is 0.375. The zero-order chi connectivity index (χ0) is 22.0. The Kier molecular flexibility index (Phi) is 6.23. The molecule has 162 valence electrons. The van der Waals surface area contributed by atoms with Crippen molar-refractivity contribution in [3.05, 3.63) is 68.6 Å². The second-order valence-electron chi connectivity index (χ2n) is 7.84. The molecule has 0 unspecified atom stereocenters. The molecule has 1 aromatic carbocycles. The first-order valence-corrected chi connectivity index (χ1v) is 11.7. The Hall–Kier alpha value is -2.93. The van der Waals surface area contributed by atoms with Crippen molar-refractivity contribution in [2.24, 2.45) is 0 Å². The number of aromatic nitrogens is 3. The van der Waals surface area contributed by atoms with Gasteiger partial charge in [0.1, 0.15) is 11.3 Å². The van der Waals surface area contributed by atoms with Crippen molar-refractivity contribution in [3.63, 3.8) is 0 Å². The largest absolute Gasteiger partial charge is 0.352 e. The lowest BCUT2D eigenvalue weighted by Crippen LogP contribution is -2.28. The van der Waals surface area contributed by atoms with Crippen LogP contribution in [-0.2, 0) is 30.7 Å². The summed E-state index contributed by atoms with van der Waals surface area (Å²) in [5, 5.41) is 7.56. The minimum Gasteiger partial charge on any atom is -0.352 e. The van der Waals surface area contributed by atoms with Crippen LogP contribution in [0, 0.1) is 6.92 Å². The number of carbonyl (C=O) groups is 1. The Bertz CT molecular complexity index is 1280. The number of benzene rings is 1. The molecule has 7 heteroatoms. The highest BCUT2D eigenvalue weighted by atomic mass is 32.1. The summed E-state index contributed by atoms with van der Waals surface area (Å²) in [7, 11) is 0. The predicted octanol–water partition coefficient (Wildman–Crippen LogP) is 4.24. The maximum atomic E-state index is 13.0. The highest BCUT2D eigenvalue weighted by Crippen LogP contribution is 2.29. The van der Waals surface area contributed by atoms with Crippen LogP contribution in [0.25, 0.3) is 15.7 Å². The molecule has 0 aliphatic rings. The van der Waals surface area contributed by atoms with Crippen molar-refractivity contribution in [2.45, 2.75) is 59.5 Å². The van der Waals surface area contributed by atoms with Crippen LogP contribution in [-0.4, -0.2) is 20.1 Å². The van der Waals surface area contributed by atoms with Crippen LogP contribution in [0.1, 0.15) is 48.5 Å². The topological polar surface area (TPSA) is 68.4 Å². The first-order valence-electron chi connectivity index (χ1n) is 10.9. The van der Waals surface area contributed by atoms with Gasteiger partial charge in [-0.3, -0.25) is 14.0 Å². The maximum absolute atomic E-state index is 13.0. The van der Waals surface area contributed by atoms with Crippen LogP contribution >= 0.6 is 11.3 Å². The van der Waals surface area contributed by atoms with E-state index < -0.39 is 0 Å². The minimum absolute atomic E-state index is 0.0132. The van der Waals surface area contributed by atoms with E-state index in [1.807, 2.05) is 48.6 Å². The number of fused-ring (bicyclic) bond motifs is 3. The lowest BCUT2D eigenvalue weighted by atomic mass is 10.1. The van der Waals surface area contributed by atoms with E-state index in [9.17, 15) is 9.59 Å². The van der Waals surface area contributed by atoms with E-state index in [2.05, 4.69) is 23.4 Å². The quantitative estimate of drug-likeness (QED) is 0.449. The lowest BCUT2D eigenvalue weighted by molar-refractivity contribution is -0.121. The van der Waals surface area contributed by atoms with Crippen molar-refractivity contribution in [3.8, 4) is 0 Å². The third-order valence-corrected chi connectivity index (χ3v) is 6.75. The summed E-state index contributed by atoms with van der Waals surface area (Å²) in [6.07, 6.45) is 2.65. The predicted molar refractivity (Wildman–Crippen MR) is 126 cm³/mol. The van der Waals surface area contributed by atoms with E-state index in [0.717, 1.165) is 34.4 Å². The molecule has 0 radical (unpaired) electrons. The van der Waals surface area contributed by atoms with Crippen LogP contribution in [0.5, 0.6) is 0 Å². The van der Waals surface area contributed by atoms with Gasteiger partial charge in [-0.15, -0.1) is 11.3 Å². The Morgan fingerprint density at radius 2 is 1.87 bits per heavy atom. The highest BCUT2D eigenvalue weighted by molar-refractivity contribution is 7.19. The van der Waals surface area contributed by atoms with Gasteiger partial charge in [-0.1, -0.05) is 43.7 Å². The molecule has 1 amide bonds. The molecule has 31 heavy (non-hydrogen) atoms. The fourth-order valence-electron chi connectivity index (χ4n) is 3.78. The summed E-state index contributed by atoms with van der Waals surface area (Å²) >= 11 is 1.73. The first kappa shape index (κ1) is 21.3. The third-order valence-electron chi connectivity index (χ3n) is 5.54. The number of hydrogen-bond acceptors (Lipinski definition) is 4. The first-order chi connectivity index (χ1) is 15.0. The van der Waals surface area contributed by atoms with Gasteiger partial charge in [0.15, 0.2) is 0 Å². The lowest BCUT2D eigenvalue weighted by Gasteiger charge is -2.10. The zero-order valence-corrected chi connectivity index (χ0v) is 19.1. The number of rotatable bonds is 8. The van der Waals surface area contributed by atoms with Gasteiger partial charge in [0.25, 0.3) is 5.56 Å². The summed E-state index contributed by atoms with van der Waals surface area (Å²) in [4.78, 5) is 26.5. The van der Waals surface area contributed by atoms with Crippen molar-refractivity contribution in [1.82, 2.24) is 19.5 Å². The average molecular weight is 437 g/mol. The van der Waals surface area contributed by atoms with E-state index in [1.54, 1.807) is 11.3 Å². The van der Waals surface area contributed by atoms with Gasteiger partial charge in [0.2, 0.25) is 5.91 Å². The van der Waals surface area contributed by atoms with E-state index >= 15 is 0 Å². The summed E-state index contributed by atoms with van der Waals surface area (Å²) in [5.41, 5.74) is 3.92. The van der Waals surface area contributed by atoms with Gasteiger partial charge < -0.3 is 5.32 Å². The van der Waals surface area contributed by atoms with Gasteiger partial charge in [-0.05, 0) is 37.5 Å². The monoisotopic (exact) mass is 436 g/mol. The van der Waals surface area contributed by atoms with Gasteiger partial charge in [-0.2, -0.15) is 5.10 Å². The molecule has 3 heterocycles. The van der Waals surface area contributed by atoms with Gasteiger partial charge in [0.05, 0.1) is 10.2 Å². The molecule has 0 aliphatic heterocycles. The number of nitrogens with zero attached hydrogens (tertiary/aromatic N) is 3. The van der Waals surface area contributed by atoms with E-state index in [1.165, 1.54) is 15.1 Å². The zero-order valence-electron chi connectivity index (χ0n) is 18.3. The van der Waals surface area contributed by atoms with Crippen LogP contribution < -0.4 is 10.9 Å². The molecule has 1 N–H and O–H groups in total. The van der Waals surface area contributed by atoms with E-state index in [4.69, 9.17) is 0 Å². The number of hydrogen-bond donors (Lipinski definition) is 1. The Labute approximate surface area is 185 Å². The fourth-order valence-corrected chi connectivity index (χ4v) is 4.80. The Morgan fingerprint density at radius 3 is 2.58 bits per heavy atom. The third kappa shape index (κ3) is 4.42. The van der Waals surface area contributed by atoms with Gasteiger partial charge in [-0.25, -0.2) is 4.68 Å². The smallest absolute Gasteiger partial charge is 0.291 e. The standard InChI is InChI=1S/C24H28N4O2S/c1-4-18-13-19-21(31-18)14-20-24(30)27(26-22(5-2)28(19)20)12-6-7-23(29)25-15-17-10-8-16(3)9-11-17/h8-11,13-14H,4-7,12,15H2,1-3H3,(H,25,29). The molecular weight excluding hydrogens is 408 g/mol. The highest BCUT2D eigenvalue weighted by Gasteiger charge is 2.15. The molecule has 0 spiro atoms. The molecule has 4 rings (SSSR count). The Morgan fingerprint density at radius 1 is 1.10 bits per heavy atom. The summed E-state index contributed by atoms with van der Waals surface area (Å²) in [5.74, 6) is 0.856. The minimum atomic E-state index is -0.0984. The molecule has 6 nitrogen and oxygen atoms in total. The summed E-state index contributed by atoms with van der Waals surface area (Å²) < 4.78 is 4.64. The molecule has 0 fully saturated rings. The van der Waals surface area contributed by atoms with Crippen LogP contribution in [0.2, 0.25) is 0 Å². The number of aryl methyl sites for hydroxylation is 4. The summed E-state index contributed by atoms with van der Waals surface area (Å²) in [6.45, 7) is 7.18. The molecular formula is C24H28N4O2S. The van der Waals surface area contributed by atoms with Crippen molar-refractivity contribution in [2.75, 3.05) is 0 Å². The van der Waals surface area contributed by atoms with Crippen LogP contribution in [0.4, 0.5) is 0 Å². The summed E-state index contributed by atoms with van der Waals surface area (Å²) in [6, 6.07) is 12.3. The number of nitrogens with one attached hydrogen (secondary N) is 1. The molecule has 0 bridgehead atoms. The Balaban J connectivity index is 1.44. The molecule has 4 aromatic rings. The van der Waals surface area contributed by atoms with Gasteiger partial charge >= 0.3 is 0 Å². The van der Waals surface area contributed by atoms with Crippen molar-refractivity contribution in [1.29, 1.82) is 0 Å². The molecule has 0 atom stereocenters. The van der Waals surface area contributed by atoms with E-state index in [-0.39, 0.29) is 11.5 Å². The molecule has 3 aromatic heterocycles. The van der Waals surface area contributed by atoms with E-state index in [0.29, 0.717) is 31.4 Å². The second-order valence-corrected chi connectivity index (χ2v) is 9.01. The van der Waals surface area contributed by atoms with Crippen molar-refractivity contribution < 1.29 is 4.79 Å². The van der Waals surface area contributed by atoms with Crippen LogP contribution in [0.15, 0.2) is 41.2 Å².